The van der Waals surface area contributed by atoms with Gasteiger partial charge in [0, 0.05) is 23.7 Å². The Balaban J connectivity index is 1.92. The fraction of sp³-hybridized carbons (Fsp3) is 0.154. The first-order valence-electron chi connectivity index (χ1n) is 10.4. The number of rotatable bonds is 6. The Morgan fingerprint density at radius 1 is 0.970 bits per heavy atom. The van der Waals surface area contributed by atoms with Gasteiger partial charge in [0.15, 0.2) is 0 Å². The summed E-state index contributed by atoms with van der Waals surface area (Å²) in [5, 5.41) is 11.9. The maximum absolute atomic E-state index is 13.7. The van der Waals surface area contributed by atoms with Gasteiger partial charge in [0.2, 0.25) is 0 Å². The molecule has 0 radical (unpaired) electrons. The monoisotopic (exact) mass is 450 g/mol. The molecule has 0 aliphatic rings. The van der Waals surface area contributed by atoms with E-state index in [1.807, 2.05) is 30.3 Å². The molecule has 0 bridgehead atoms. The number of aromatic nitrogens is 1. The van der Waals surface area contributed by atoms with Crippen molar-refractivity contribution in [1.29, 1.82) is 0 Å². The zero-order valence-corrected chi connectivity index (χ0v) is 17.6. The van der Waals surface area contributed by atoms with Crippen molar-refractivity contribution in [3.63, 3.8) is 0 Å². The number of amides is 1. The van der Waals surface area contributed by atoms with E-state index in [2.05, 4.69) is 10.3 Å². The normalized spacial score (nSPS) is 11.5. The van der Waals surface area contributed by atoms with E-state index >= 15 is 0 Å². The largest absolute Gasteiger partial charge is 0.418 e. The molecular formula is C26H21F3N2O2. The lowest BCUT2D eigenvalue weighted by atomic mass is 9.91. The average Bonchev–Trinajstić information content (AvgIpc) is 2.82. The highest BCUT2D eigenvalue weighted by Crippen LogP contribution is 2.39. The lowest BCUT2D eigenvalue weighted by Gasteiger charge is -2.17. The summed E-state index contributed by atoms with van der Waals surface area (Å²) in [7, 11) is 0. The van der Waals surface area contributed by atoms with Crippen LogP contribution < -0.4 is 5.32 Å². The number of carbonyl (C=O) groups excluding carboxylic acids is 1. The Morgan fingerprint density at radius 3 is 2.45 bits per heavy atom. The molecule has 33 heavy (non-hydrogen) atoms. The first-order valence-corrected chi connectivity index (χ1v) is 10.4. The van der Waals surface area contributed by atoms with E-state index in [0.29, 0.717) is 28.5 Å². The first kappa shape index (κ1) is 22.5. The van der Waals surface area contributed by atoms with Crippen molar-refractivity contribution in [2.24, 2.45) is 0 Å². The summed E-state index contributed by atoms with van der Waals surface area (Å²) in [5.41, 5.74) is 2.38. The van der Waals surface area contributed by atoms with Crippen molar-refractivity contribution < 1.29 is 23.1 Å². The van der Waals surface area contributed by atoms with E-state index in [9.17, 15) is 18.0 Å². The molecule has 3 aromatic carbocycles. The zero-order valence-electron chi connectivity index (χ0n) is 17.6. The van der Waals surface area contributed by atoms with Crippen molar-refractivity contribution in [2.75, 3.05) is 13.2 Å². The van der Waals surface area contributed by atoms with Crippen LogP contribution in [0.5, 0.6) is 0 Å². The number of nitrogens with one attached hydrogen (secondary N) is 1. The van der Waals surface area contributed by atoms with Crippen LogP contribution in [0.3, 0.4) is 0 Å². The highest BCUT2D eigenvalue weighted by atomic mass is 19.4. The third-order valence-corrected chi connectivity index (χ3v) is 5.33. The summed E-state index contributed by atoms with van der Waals surface area (Å²) in [6.45, 7) is -0.0860. The molecule has 7 heteroatoms. The molecule has 1 heterocycles. The highest BCUT2D eigenvalue weighted by molar-refractivity contribution is 6.00. The van der Waals surface area contributed by atoms with Crippen LogP contribution in [0.2, 0.25) is 0 Å². The molecular weight excluding hydrogens is 429 g/mol. The zero-order chi connectivity index (χ0) is 23.4. The third-order valence-electron chi connectivity index (χ3n) is 5.33. The molecule has 0 unspecified atom stereocenters. The van der Waals surface area contributed by atoms with Crippen LogP contribution >= 0.6 is 0 Å². The van der Waals surface area contributed by atoms with Crippen LogP contribution in [0.1, 0.15) is 27.0 Å². The molecule has 1 amide bonds. The number of fused-ring (bicyclic) bond motifs is 1. The maximum Gasteiger partial charge on any atom is 0.418 e. The van der Waals surface area contributed by atoms with E-state index in [1.165, 1.54) is 12.3 Å². The Hall–Kier alpha value is -3.71. The summed E-state index contributed by atoms with van der Waals surface area (Å²) in [5.74, 6) is -0.371. The van der Waals surface area contributed by atoms with E-state index in [4.69, 9.17) is 5.11 Å². The fourth-order valence-electron chi connectivity index (χ4n) is 3.87. The Kier molecular flexibility index (Phi) is 6.42. The van der Waals surface area contributed by atoms with Crippen molar-refractivity contribution in [2.45, 2.75) is 12.6 Å². The number of halogens is 3. The summed E-state index contributed by atoms with van der Waals surface area (Å²) >= 11 is 0. The molecule has 0 atom stereocenters. The van der Waals surface area contributed by atoms with Gasteiger partial charge in [-0.1, -0.05) is 54.6 Å². The van der Waals surface area contributed by atoms with Gasteiger partial charge in [-0.25, -0.2) is 0 Å². The van der Waals surface area contributed by atoms with Gasteiger partial charge in [0.05, 0.1) is 17.7 Å². The Morgan fingerprint density at radius 2 is 1.73 bits per heavy atom. The lowest BCUT2D eigenvalue weighted by molar-refractivity contribution is -0.136. The molecule has 4 nitrogen and oxygen atoms in total. The van der Waals surface area contributed by atoms with Crippen molar-refractivity contribution in [1.82, 2.24) is 10.3 Å². The predicted molar refractivity (Wildman–Crippen MR) is 121 cm³/mol. The van der Waals surface area contributed by atoms with Crippen LogP contribution in [0.15, 0.2) is 79.0 Å². The molecule has 0 saturated heterocycles. The summed E-state index contributed by atoms with van der Waals surface area (Å²) in [4.78, 5) is 16.6. The van der Waals surface area contributed by atoms with Gasteiger partial charge in [-0.15, -0.1) is 0 Å². The molecule has 4 aromatic rings. The third kappa shape index (κ3) is 4.88. The fourth-order valence-corrected chi connectivity index (χ4v) is 3.87. The Labute approximate surface area is 188 Å². The SMILES string of the molecule is O=C(NCCO)c1cccc(-c2c(Cc3ccccc3)cnc3c(C(F)(F)F)cccc23)c1. The molecule has 0 spiro atoms. The van der Waals surface area contributed by atoms with Gasteiger partial charge in [0.1, 0.15) is 0 Å². The summed E-state index contributed by atoms with van der Waals surface area (Å²) in [6.07, 6.45) is -2.59. The van der Waals surface area contributed by atoms with Crippen molar-refractivity contribution in [3.05, 3.63) is 101 Å². The van der Waals surface area contributed by atoms with Crippen LogP contribution in [0.4, 0.5) is 13.2 Å². The van der Waals surface area contributed by atoms with Gasteiger partial charge in [-0.2, -0.15) is 13.2 Å². The minimum atomic E-state index is -4.54. The lowest BCUT2D eigenvalue weighted by Crippen LogP contribution is -2.26. The van der Waals surface area contributed by atoms with Crippen molar-refractivity contribution >= 4 is 16.8 Å². The summed E-state index contributed by atoms with van der Waals surface area (Å²) in [6, 6.07) is 20.3. The van der Waals surface area contributed by atoms with E-state index in [0.717, 1.165) is 17.2 Å². The Bertz CT molecular complexity index is 1290. The number of aliphatic hydroxyl groups excluding tert-OH is 1. The van der Waals surface area contributed by atoms with Crippen molar-refractivity contribution in [3.8, 4) is 11.1 Å². The van der Waals surface area contributed by atoms with Crippen LogP contribution in [0.25, 0.3) is 22.0 Å². The number of para-hydroxylation sites is 1. The summed E-state index contributed by atoms with van der Waals surface area (Å²) < 4.78 is 41.0. The molecule has 0 saturated carbocycles. The number of alkyl halides is 3. The maximum atomic E-state index is 13.7. The quantitative estimate of drug-likeness (QED) is 0.423. The number of pyridine rings is 1. The van der Waals surface area contributed by atoms with Gasteiger partial charge < -0.3 is 10.4 Å². The number of aliphatic hydroxyl groups is 1. The molecule has 1 aromatic heterocycles. The van der Waals surface area contributed by atoms with E-state index in [1.54, 1.807) is 30.3 Å². The minimum Gasteiger partial charge on any atom is -0.395 e. The van der Waals surface area contributed by atoms with E-state index in [-0.39, 0.29) is 24.6 Å². The van der Waals surface area contributed by atoms with Gasteiger partial charge in [-0.3, -0.25) is 9.78 Å². The minimum absolute atomic E-state index is 0.107. The van der Waals surface area contributed by atoms with Gasteiger partial charge >= 0.3 is 6.18 Å². The molecule has 0 aliphatic carbocycles. The second-order valence-electron chi connectivity index (χ2n) is 7.58. The number of hydrogen-bond acceptors (Lipinski definition) is 3. The van der Waals surface area contributed by atoms with Crippen LogP contribution in [-0.2, 0) is 12.6 Å². The number of hydrogen-bond donors (Lipinski definition) is 2. The smallest absolute Gasteiger partial charge is 0.395 e. The molecule has 4 rings (SSSR count). The number of nitrogens with zero attached hydrogens (tertiary/aromatic N) is 1. The second-order valence-corrected chi connectivity index (χ2v) is 7.58. The number of carbonyl (C=O) groups is 1. The molecule has 0 aliphatic heterocycles. The molecule has 0 fully saturated rings. The topological polar surface area (TPSA) is 62.2 Å². The van der Waals surface area contributed by atoms with Crippen LogP contribution in [-0.4, -0.2) is 29.1 Å². The van der Waals surface area contributed by atoms with E-state index < -0.39 is 11.7 Å². The van der Waals surface area contributed by atoms with Gasteiger partial charge in [0.25, 0.3) is 5.91 Å². The average molecular weight is 450 g/mol. The predicted octanol–water partition coefficient (Wildman–Crippen LogP) is 5.23. The van der Waals surface area contributed by atoms with Crippen LogP contribution in [0, 0.1) is 0 Å². The highest BCUT2D eigenvalue weighted by Gasteiger charge is 2.33. The standard InChI is InChI=1S/C26H21F3N2O2/c27-26(28,29)22-11-5-10-21-23(18-8-4-9-19(15-18)25(33)30-12-13-32)20(16-31-24(21)22)14-17-6-2-1-3-7-17/h1-11,15-16,32H,12-14H2,(H,30,33). The number of benzene rings is 3. The second kappa shape index (κ2) is 9.42. The molecule has 2 N–H and O–H groups in total. The molecule has 168 valence electrons. The first-order chi connectivity index (χ1) is 15.9. The van der Waals surface area contributed by atoms with Gasteiger partial charge in [-0.05, 0) is 46.9 Å².